The Kier molecular flexibility index (Phi) is 5.45. The van der Waals surface area contributed by atoms with Crippen molar-refractivity contribution < 1.29 is 8.42 Å². The van der Waals surface area contributed by atoms with Crippen LogP contribution in [0.15, 0.2) is 4.40 Å². The molecule has 16 heavy (non-hydrogen) atoms. The van der Waals surface area contributed by atoms with Crippen LogP contribution >= 0.6 is 0 Å². The first kappa shape index (κ1) is 14.9. The van der Waals surface area contributed by atoms with Crippen LogP contribution in [0, 0.1) is 16.7 Å². The van der Waals surface area contributed by atoms with Crippen molar-refractivity contribution in [3.05, 3.63) is 0 Å². The van der Waals surface area contributed by atoms with Crippen molar-refractivity contribution in [2.75, 3.05) is 19.8 Å². The lowest BCUT2D eigenvalue weighted by molar-refractivity contribution is 0.361. The Morgan fingerprint density at radius 2 is 2.00 bits per heavy atom. The third-order valence-electron chi connectivity index (χ3n) is 2.03. The predicted molar refractivity (Wildman–Crippen MR) is 64.6 cm³/mol. The minimum absolute atomic E-state index is 0.0218. The molecule has 0 aromatic rings. The second-order valence-corrected chi connectivity index (χ2v) is 6.50. The number of rotatable bonds is 6. The minimum atomic E-state index is -3.41. The second kappa shape index (κ2) is 5.85. The lowest BCUT2D eigenvalue weighted by atomic mass is 9.87. The molecule has 0 rings (SSSR count). The molecule has 0 aliphatic carbocycles. The van der Waals surface area contributed by atoms with Gasteiger partial charge in [-0.05, 0) is 11.8 Å². The molecule has 0 aliphatic heterocycles. The zero-order valence-electron chi connectivity index (χ0n) is 10.3. The van der Waals surface area contributed by atoms with Crippen molar-refractivity contribution in [2.45, 2.75) is 26.7 Å². The lowest BCUT2D eigenvalue weighted by Gasteiger charge is -2.19. The van der Waals surface area contributed by atoms with E-state index in [-0.39, 0.29) is 11.2 Å². The Labute approximate surface area is 97.8 Å². The van der Waals surface area contributed by atoms with E-state index in [1.165, 1.54) is 6.34 Å². The SMILES string of the molecule is CN(C)C=NS(=O)(=O)CCC(C)(C)CC#N. The van der Waals surface area contributed by atoms with E-state index >= 15 is 0 Å². The van der Waals surface area contributed by atoms with Gasteiger partial charge in [0.05, 0.1) is 11.8 Å². The van der Waals surface area contributed by atoms with E-state index in [4.69, 9.17) is 5.26 Å². The highest BCUT2D eigenvalue weighted by Crippen LogP contribution is 2.25. The fraction of sp³-hybridized carbons (Fsp3) is 0.800. The first-order valence-electron chi connectivity index (χ1n) is 5.00. The van der Waals surface area contributed by atoms with Gasteiger partial charge >= 0.3 is 0 Å². The molecule has 0 bridgehead atoms. The van der Waals surface area contributed by atoms with Gasteiger partial charge in [0.1, 0.15) is 6.34 Å². The van der Waals surface area contributed by atoms with Crippen LogP contribution < -0.4 is 0 Å². The summed E-state index contributed by atoms with van der Waals surface area (Å²) in [5.41, 5.74) is -0.282. The molecule has 0 atom stereocenters. The van der Waals surface area contributed by atoms with Crippen LogP contribution in [0.5, 0.6) is 0 Å². The van der Waals surface area contributed by atoms with Crippen molar-refractivity contribution in [3.63, 3.8) is 0 Å². The first-order valence-corrected chi connectivity index (χ1v) is 6.61. The smallest absolute Gasteiger partial charge is 0.254 e. The molecule has 92 valence electrons. The highest BCUT2D eigenvalue weighted by Gasteiger charge is 2.21. The van der Waals surface area contributed by atoms with E-state index in [1.54, 1.807) is 19.0 Å². The van der Waals surface area contributed by atoms with Crippen molar-refractivity contribution in [2.24, 2.45) is 9.81 Å². The van der Waals surface area contributed by atoms with Crippen molar-refractivity contribution in [1.29, 1.82) is 5.26 Å². The van der Waals surface area contributed by atoms with Crippen LogP contribution in [0.4, 0.5) is 0 Å². The van der Waals surface area contributed by atoms with Gasteiger partial charge in [0.2, 0.25) is 0 Å². The summed E-state index contributed by atoms with van der Waals surface area (Å²) < 4.78 is 26.5. The standard InChI is InChI=1S/C10H19N3O2S/c1-10(2,5-7-11)6-8-16(14,15)12-9-13(3)4/h9H,5-6,8H2,1-4H3. The van der Waals surface area contributed by atoms with Gasteiger partial charge in [-0.15, -0.1) is 0 Å². The average molecular weight is 245 g/mol. The van der Waals surface area contributed by atoms with Gasteiger partial charge < -0.3 is 4.90 Å². The third-order valence-corrected chi connectivity index (χ3v) is 3.17. The molecule has 6 heteroatoms. The summed E-state index contributed by atoms with van der Waals surface area (Å²) in [6.07, 6.45) is 2.06. The monoisotopic (exact) mass is 245 g/mol. The molecule has 0 amide bonds. The Balaban J connectivity index is 4.36. The summed E-state index contributed by atoms with van der Waals surface area (Å²) in [5, 5.41) is 8.57. The zero-order valence-corrected chi connectivity index (χ0v) is 11.1. The van der Waals surface area contributed by atoms with Gasteiger partial charge in [0.25, 0.3) is 10.0 Å². The molecular weight excluding hydrogens is 226 g/mol. The summed E-state index contributed by atoms with van der Waals surface area (Å²) in [6, 6.07) is 2.05. The van der Waals surface area contributed by atoms with E-state index < -0.39 is 10.0 Å². The molecular formula is C10H19N3O2S. The molecule has 5 nitrogen and oxygen atoms in total. The van der Waals surface area contributed by atoms with Crippen LogP contribution in [-0.2, 0) is 10.0 Å². The second-order valence-electron chi connectivity index (χ2n) is 4.72. The molecule has 0 saturated heterocycles. The van der Waals surface area contributed by atoms with E-state index in [0.29, 0.717) is 12.8 Å². The molecule has 0 aliphatic rings. The number of hydrogen-bond donors (Lipinski definition) is 0. The van der Waals surface area contributed by atoms with Crippen LogP contribution in [0.25, 0.3) is 0 Å². The van der Waals surface area contributed by atoms with E-state index in [0.717, 1.165) is 0 Å². The quantitative estimate of drug-likeness (QED) is 0.521. The number of hydrogen-bond acceptors (Lipinski definition) is 3. The van der Waals surface area contributed by atoms with Crippen molar-refractivity contribution in [1.82, 2.24) is 4.90 Å². The zero-order chi connectivity index (χ0) is 12.8. The lowest BCUT2D eigenvalue weighted by Crippen LogP contribution is -2.17. The third kappa shape index (κ3) is 7.23. The highest BCUT2D eigenvalue weighted by molar-refractivity contribution is 7.90. The Morgan fingerprint density at radius 3 is 2.44 bits per heavy atom. The molecule has 0 aromatic heterocycles. The minimum Gasteiger partial charge on any atom is -0.368 e. The van der Waals surface area contributed by atoms with Crippen LogP contribution in [0.1, 0.15) is 26.7 Å². The van der Waals surface area contributed by atoms with Gasteiger partial charge in [-0.3, -0.25) is 0 Å². The first-order chi connectivity index (χ1) is 7.18. The van der Waals surface area contributed by atoms with E-state index in [2.05, 4.69) is 10.5 Å². The van der Waals surface area contributed by atoms with E-state index in [9.17, 15) is 8.42 Å². The van der Waals surface area contributed by atoms with Gasteiger partial charge in [0, 0.05) is 20.5 Å². The molecule has 0 spiro atoms. The topological polar surface area (TPSA) is 73.5 Å². The summed E-state index contributed by atoms with van der Waals surface area (Å²) in [4.78, 5) is 1.57. The average Bonchev–Trinajstić information content (AvgIpc) is 2.13. The fourth-order valence-electron chi connectivity index (χ4n) is 0.926. The van der Waals surface area contributed by atoms with Crippen molar-refractivity contribution in [3.8, 4) is 6.07 Å². The van der Waals surface area contributed by atoms with Gasteiger partial charge in [0.15, 0.2) is 0 Å². The molecule has 0 aromatic carbocycles. The molecule has 0 saturated carbocycles. The van der Waals surface area contributed by atoms with Gasteiger partial charge in [-0.1, -0.05) is 13.8 Å². The Hall–Kier alpha value is -1.09. The Morgan fingerprint density at radius 1 is 1.44 bits per heavy atom. The van der Waals surface area contributed by atoms with Crippen LogP contribution in [0.3, 0.4) is 0 Å². The maximum absolute atomic E-state index is 11.5. The molecule has 0 radical (unpaired) electrons. The number of sulfonamides is 1. The summed E-state index contributed by atoms with van der Waals surface area (Å²) in [7, 11) is 0.00418. The summed E-state index contributed by atoms with van der Waals surface area (Å²) in [5.74, 6) is -0.0218. The number of nitrogens with zero attached hydrogens (tertiary/aromatic N) is 3. The number of nitriles is 1. The normalized spacial score (nSPS) is 12.7. The molecule has 0 N–H and O–H groups in total. The Bertz CT molecular complexity index is 377. The molecule has 0 heterocycles. The molecule has 0 unspecified atom stereocenters. The van der Waals surface area contributed by atoms with Gasteiger partial charge in [-0.2, -0.15) is 9.66 Å². The fourth-order valence-corrected chi connectivity index (χ4v) is 2.17. The maximum Gasteiger partial charge on any atom is 0.254 e. The maximum atomic E-state index is 11.5. The molecule has 0 fully saturated rings. The summed E-state index contributed by atoms with van der Waals surface area (Å²) in [6.45, 7) is 3.75. The van der Waals surface area contributed by atoms with Crippen LogP contribution in [0.2, 0.25) is 0 Å². The highest BCUT2D eigenvalue weighted by atomic mass is 32.2. The predicted octanol–water partition coefficient (Wildman–Crippen LogP) is 1.24. The van der Waals surface area contributed by atoms with Crippen LogP contribution in [-0.4, -0.2) is 39.5 Å². The van der Waals surface area contributed by atoms with E-state index in [1.807, 2.05) is 13.8 Å². The summed E-state index contributed by atoms with van der Waals surface area (Å²) >= 11 is 0. The van der Waals surface area contributed by atoms with Crippen molar-refractivity contribution >= 4 is 16.4 Å². The van der Waals surface area contributed by atoms with Gasteiger partial charge in [-0.25, -0.2) is 8.42 Å². The largest absolute Gasteiger partial charge is 0.368 e.